The van der Waals surface area contributed by atoms with E-state index in [9.17, 15) is 9.18 Å². The Kier molecular flexibility index (Phi) is 5.05. The van der Waals surface area contributed by atoms with Gasteiger partial charge in [-0.05, 0) is 31.9 Å². The van der Waals surface area contributed by atoms with Crippen LogP contribution < -0.4 is 10.6 Å². The molecule has 4 heterocycles. The third-order valence-corrected chi connectivity index (χ3v) is 4.91. The summed E-state index contributed by atoms with van der Waals surface area (Å²) in [4.78, 5) is 29.8. The maximum Gasteiger partial charge on any atom is 0.317 e. The van der Waals surface area contributed by atoms with E-state index in [2.05, 4.69) is 30.6 Å². The zero-order valence-electron chi connectivity index (χ0n) is 15.6. The Balaban J connectivity index is 1.53. The van der Waals surface area contributed by atoms with Crippen LogP contribution in [0, 0.1) is 5.82 Å². The molecule has 9 heteroatoms. The first kappa shape index (κ1) is 18.1. The van der Waals surface area contributed by atoms with E-state index in [0.29, 0.717) is 25.5 Å². The molecule has 146 valence electrons. The summed E-state index contributed by atoms with van der Waals surface area (Å²) < 4.78 is 14.3. The first-order valence-corrected chi connectivity index (χ1v) is 9.40. The summed E-state index contributed by atoms with van der Waals surface area (Å²) in [6.45, 7) is 3.61. The molecule has 1 aliphatic rings. The number of aromatic nitrogens is 4. The minimum Gasteiger partial charge on any atom is -0.365 e. The minimum absolute atomic E-state index is 0.00153. The van der Waals surface area contributed by atoms with Crippen LogP contribution in [0.5, 0.6) is 0 Å². The van der Waals surface area contributed by atoms with Crippen molar-refractivity contribution in [1.29, 1.82) is 0 Å². The van der Waals surface area contributed by atoms with Crippen molar-refractivity contribution in [1.82, 2.24) is 30.2 Å². The number of nitrogens with one attached hydrogen (secondary N) is 3. The second kappa shape index (κ2) is 7.79. The van der Waals surface area contributed by atoms with Crippen molar-refractivity contribution < 1.29 is 9.18 Å². The summed E-state index contributed by atoms with van der Waals surface area (Å²) in [5.41, 5.74) is 1.49. The van der Waals surface area contributed by atoms with Gasteiger partial charge in [-0.2, -0.15) is 0 Å². The summed E-state index contributed by atoms with van der Waals surface area (Å²) in [5, 5.41) is 6.75. The second-order valence-electron chi connectivity index (χ2n) is 6.70. The molecule has 1 fully saturated rings. The zero-order chi connectivity index (χ0) is 19.5. The van der Waals surface area contributed by atoms with Crippen LogP contribution in [0.1, 0.15) is 19.8 Å². The van der Waals surface area contributed by atoms with E-state index in [4.69, 9.17) is 0 Å². The van der Waals surface area contributed by atoms with Crippen LogP contribution in [-0.4, -0.2) is 56.5 Å². The monoisotopic (exact) mass is 383 g/mol. The van der Waals surface area contributed by atoms with Crippen molar-refractivity contribution in [2.24, 2.45) is 0 Å². The van der Waals surface area contributed by atoms with Gasteiger partial charge in [0.2, 0.25) is 0 Å². The SMILES string of the molecule is CCNC(=O)N1CCC[C@@H]1CNc1nc(-c2c[nH]c3ncccc23)ncc1F. The molecule has 4 rings (SSSR count). The van der Waals surface area contributed by atoms with Crippen molar-refractivity contribution >= 4 is 22.9 Å². The van der Waals surface area contributed by atoms with Crippen LogP contribution in [0.4, 0.5) is 15.0 Å². The molecule has 1 aliphatic heterocycles. The van der Waals surface area contributed by atoms with Crippen molar-refractivity contribution in [3.8, 4) is 11.4 Å². The molecular weight excluding hydrogens is 361 g/mol. The fraction of sp³-hybridized carbons (Fsp3) is 0.368. The predicted octanol–water partition coefficient (Wildman–Crippen LogP) is 2.76. The highest BCUT2D eigenvalue weighted by Crippen LogP contribution is 2.26. The number of likely N-dealkylation sites (tertiary alicyclic amines) is 1. The number of pyridine rings is 1. The average molecular weight is 383 g/mol. The van der Waals surface area contributed by atoms with E-state index in [1.54, 1.807) is 17.3 Å². The Hall–Kier alpha value is -3.23. The smallest absolute Gasteiger partial charge is 0.317 e. The molecule has 0 bridgehead atoms. The first-order valence-electron chi connectivity index (χ1n) is 9.40. The van der Waals surface area contributed by atoms with Gasteiger partial charge >= 0.3 is 6.03 Å². The predicted molar refractivity (Wildman–Crippen MR) is 104 cm³/mol. The molecule has 2 amide bonds. The Bertz CT molecular complexity index is 989. The van der Waals surface area contributed by atoms with E-state index >= 15 is 0 Å². The molecule has 0 aromatic carbocycles. The van der Waals surface area contributed by atoms with Gasteiger partial charge in [-0.3, -0.25) is 0 Å². The summed E-state index contributed by atoms with van der Waals surface area (Å²) >= 11 is 0. The number of halogens is 1. The topological polar surface area (TPSA) is 98.8 Å². The summed E-state index contributed by atoms with van der Waals surface area (Å²) in [6.07, 6.45) is 6.43. The Morgan fingerprint density at radius 2 is 2.32 bits per heavy atom. The summed E-state index contributed by atoms with van der Waals surface area (Å²) in [6, 6.07) is 3.67. The molecule has 0 unspecified atom stereocenters. The molecule has 8 nitrogen and oxygen atoms in total. The van der Waals surface area contributed by atoms with Crippen molar-refractivity contribution in [2.75, 3.05) is 25.0 Å². The first-order chi connectivity index (χ1) is 13.7. The Morgan fingerprint density at radius 3 is 3.18 bits per heavy atom. The van der Waals surface area contributed by atoms with E-state index < -0.39 is 5.82 Å². The van der Waals surface area contributed by atoms with Crippen molar-refractivity contribution in [2.45, 2.75) is 25.8 Å². The van der Waals surface area contributed by atoms with E-state index in [-0.39, 0.29) is 17.9 Å². The average Bonchev–Trinajstić information content (AvgIpc) is 3.34. The Morgan fingerprint density at radius 1 is 1.43 bits per heavy atom. The van der Waals surface area contributed by atoms with Gasteiger partial charge in [0.05, 0.1) is 12.2 Å². The van der Waals surface area contributed by atoms with Crippen LogP contribution in [0.15, 0.2) is 30.7 Å². The van der Waals surface area contributed by atoms with E-state index in [0.717, 1.165) is 35.6 Å². The highest BCUT2D eigenvalue weighted by Gasteiger charge is 2.28. The van der Waals surface area contributed by atoms with E-state index in [1.807, 2.05) is 19.1 Å². The number of nitrogens with zero attached hydrogens (tertiary/aromatic N) is 4. The minimum atomic E-state index is -0.524. The number of hydrogen-bond acceptors (Lipinski definition) is 5. The number of urea groups is 1. The quantitative estimate of drug-likeness (QED) is 0.629. The number of carbonyl (C=O) groups is 1. The summed E-state index contributed by atoms with van der Waals surface area (Å²) in [5.74, 6) is 0.0189. The van der Waals surface area contributed by atoms with Gasteiger partial charge in [0, 0.05) is 43.0 Å². The maximum absolute atomic E-state index is 14.3. The molecule has 0 radical (unpaired) electrons. The number of amides is 2. The van der Waals surface area contributed by atoms with E-state index in [1.165, 1.54) is 0 Å². The molecule has 1 saturated heterocycles. The van der Waals surface area contributed by atoms with Crippen molar-refractivity contribution in [3.05, 3.63) is 36.5 Å². The normalized spacial score (nSPS) is 16.5. The van der Waals surface area contributed by atoms with Crippen molar-refractivity contribution in [3.63, 3.8) is 0 Å². The second-order valence-corrected chi connectivity index (χ2v) is 6.70. The third kappa shape index (κ3) is 3.47. The fourth-order valence-electron chi connectivity index (χ4n) is 3.54. The molecular formula is C19H22FN7O. The van der Waals surface area contributed by atoms with Crippen LogP contribution in [0.2, 0.25) is 0 Å². The number of H-pyrrole nitrogens is 1. The van der Waals surface area contributed by atoms with Gasteiger partial charge < -0.3 is 20.5 Å². The highest BCUT2D eigenvalue weighted by atomic mass is 19.1. The standard InChI is InChI=1S/C19H22FN7O/c1-2-21-19(28)27-8-4-5-12(27)9-23-18-15(20)11-25-17(26-18)14-10-24-16-13(14)6-3-7-22-16/h3,6-7,10-12H,2,4-5,8-9H2,1H3,(H,21,28)(H,22,24)(H,23,25,26)/t12-/m1/s1. The zero-order valence-corrected chi connectivity index (χ0v) is 15.6. The Labute approximate surface area is 161 Å². The lowest BCUT2D eigenvalue weighted by molar-refractivity contribution is 0.195. The third-order valence-electron chi connectivity index (χ3n) is 4.91. The number of hydrogen-bond donors (Lipinski definition) is 3. The maximum atomic E-state index is 14.3. The van der Waals surface area contributed by atoms with Gasteiger partial charge in [-0.1, -0.05) is 0 Å². The van der Waals surface area contributed by atoms with Crippen LogP contribution >= 0.6 is 0 Å². The summed E-state index contributed by atoms with van der Waals surface area (Å²) in [7, 11) is 0. The van der Waals surface area contributed by atoms with Crippen LogP contribution in [-0.2, 0) is 0 Å². The number of anilines is 1. The molecule has 3 N–H and O–H groups in total. The van der Waals surface area contributed by atoms with Gasteiger partial charge in [0.1, 0.15) is 5.65 Å². The van der Waals surface area contributed by atoms with Gasteiger partial charge in [-0.15, -0.1) is 0 Å². The molecule has 0 spiro atoms. The molecule has 3 aromatic rings. The molecule has 3 aromatic heterocycles. The molecule has 28 heavy (non-hydrogen) atoms. The molecule has 1 atom stereocenters. The number of aromatic amines is 1. The van der Waals surface area contributed by atoms with Gasteiger partial charge in [0.15, 0.2) is 17.5 Å². The lowest BCUT2D eigenvalue weighted by atomic mass is 10.2. The van der Waals surface area contributed by atoms with Crippen LogP contribution in [0.25, 0.3) is 22.4 Å². The molecule has 0 saturated carbocycles. The lowest BCUT2D eigenvalue weighted by Crippen LogP contribution is -2.45. The highest BCUT2D eigenvalue weighted by molar-refractivity contribution is 5.91. The number of carbonyl (C=O) groups excluding carboxylic acids is 1. The molecule has 0 aliphatic carbocycles. The largest absolute Gasteiger partial charge is 0.365 e. The van der Waals surface area contributed by atoms with Gasteiger partial charge in [-0.25, -0.2) is 24.1 Å². The fourth-order valence-corrected chi connectivity index (χ4v) is 3.54. The lowest BCUT2D eigenvalue weighted by Gasteiger charge is -2.25. The number of rotatable bonds is 5. The van der Waals surface area contributed by atoms with Crippen LogP contribution in [0.3, 0.4) is 0 Å². The number of fused-ring (bicyclic) bond motifs is 1. The van der Waals surface area contributed by atoms with Gasteiger partial charge in [0.25, 0.3) is 0 Å².